The van der Waals surface area contributed by atoms with Crippen LogP contribution in [-0.2, 0) is 7.05 Å². The average molecular weight is 277 g/mol. The van der Waals surface area contributed by atoms with Crippen LogP contribution in [0.15, 0.2) is 18.3 Å². The predicted molar refractivity (Wildman–Crippen MR) is 68.1 cm³/mol. The van der Waals surface area contributed by atoms with Crippen LogP contribution in [0.4, 0.5) is 5.69 Å². The second kappa shape index (κ2) is 4.17. The summed E-state index contributed by atoms with van der Waals surface area (Å²) in [5.41, 5.74) is 7.67. The second-order valence-electron chi connectivity index (χ2n) is 3.32. The Kier molecular flexibility index (Phi) is 3.02. The Hall–Kier alpha value is -0.900. The molecule has 1 aromatic carbocycles. The van der Waals surface area contributed by atoms with E-state index in [0.717, 1.165) is 0 Å². The summed E-state index contributed by atoms with van der Waals surface area (Å²) < 4.78 is 1.62. The summed E-state index contributed by atoms with van der Waals surface area (Å²) >= 11 is 18.0. The average Bonchev–Trinajstić information content (AvgIpc) is 2.47. The molecule has 16 heavy (non-hydrogen) atoms. The number of hydrogen-bond acceptors (Lipinski definition) is 2. The molecule has 0 aliphatic carbocycles. The molecular formula is C10H8Cl3N3. The Morgan fingerprint density at radius 2 is 1.75 bits per heavy atom. The van der Waals surface area contributed by atoms with Gasteiger partial charge in [-0.15, -0.1) is 0 Å². The first kappa shape index (κ1) is 11.6. The molecule has 3 nitrogen and oxygen atoms in total. The van der Waals surface area contributed by atoms with Crippen molar-refractivity contribution in [3.8, 4) is 11.3 Å². The highest BCUT2D eigenvalue weighted by atomic mass is 35.5. The third kappa shape index (κ3) is 1.86. The molecule has 0 unspecified atom stereocenters. The Labute approximate surface area is 108 Å². The van der Waals surface area contributed by atoms with E-state index in [2.05, 4.69) is 5.10 Å². The maximum atomic E-state index is 6.10. The molecule has 0 amide bonds. The zero-order chi connectivity index (χ0) is 11.9. The Bertz CT molecular complexity index is 506. The molecule has 0 bridgehead atoms. The van der Waals surface area contributed by atoms with Gasteiger partial charge in [0.2, 0.25) is 0 Å². The normalized spacial score (nSPS) is 10.8. The minimum atomic E-state index is 0.452. The number of aromatic nitrogens is 2. The van der Waals surface area contributed by atoms with Gasteiger partial charge in [0.1, 0.15) is 0 Å². The van der Waals surface area contributed by atoms with Gasteiger partial charge in [-0.2, -0.15) is 5.10 Å². The topological polar surface area (TPSA) is 43.8 Å². The SMILES string of the molecule is Cn1ncc(N)c1-c1c(Cl)cc(Cl)cc1Cl. The van der Waals surface area contributed by atoms with E-state index in [9.17, 15) is 0 Å². The Balaban J connectivity index is 2.74. The zero-order valence-electron chi connectivity index (χ0n) is 8.34. The lowest BCUT2D eigenvalue weighted by Gasteiger charge is -2.09. The molecule has 0 atom stereocenters. The second-order valence-corrected chi connectivity index (χ2v) is 4.57. The first-order valence-corrected chi connectivity index (χ1v) is 5.56. The summed E-state index contributed by atoms with van der Waals surface area (Å²) in [4.78, 5) is 0. The number of anilines is 1. The van der Waals surface area contributed by atoms with Crippen molar-refractivity contribution in [2.45, 2.75) is 0 Å². The molecule has 1 heterocycles. The molecule has 0 saturated heterocycles. The third-order valence-corrected chi connectivity index (χ3v) is 3.03. The molecule has 6 heteroatoms. The largest absolute Gasteiger partial charge is 0.396 e. The highest BCUT2D eigenvalue weighted by molar-refractivity contribution is 6.41. The summed E-state index contributed by atoms with van der Waals surface area (Å²) in [5, 5.41) is 5.43. The lowest BCUT2D eigenvalue weighted by Crippen LogP contribution is -1.97. The van der Waals surface area contributed by atoms with E-state index in [1.54, 1.807) is 30.1 Å². The minimum Gasteiger partial charge on any atom is -0.396 e. The van der Waals surface area contributed by atoms with Gasteiger partial charge in [0.25, 0.3) is 0 Å². The summed E-state index contributed by atoms with van der Waals surface area (Å²) in [6.45, 7) is 0. The molecule has 2 N–H and O–H groups in total. The van der Waals surface area contributed by atoms with Crippen LogP contribution in [0.2, 0.25) is 15.1 Å². The van der Waals surface area contributed by atoms with Crippen LogP contribution in [-0.4, -0.2) is 9.78 Å². The summed E-state index contributed by atoms with van der Waals surface area (Å²) in [5.74, 6) is 0. The van der Waals surface area contributed by atoms with Crippen LogP contribution in [0, 0.1) is 0 Å². The quantitative estimate of drug-likeness (QED) is 0.864. The first-order chi connectivity index (χ1) is 7.50. The first-order valence-electron chi connectivity index (χ1n) is 4.43. The number of halogens is 3. The van der Waals surface area contributed by atoms with Crippen LogP contribution in [0.1, 0.15) is 0 Å². The minimum absolute atomic E-state index is 0.452. The maximum Gasteiger partial charge on any atom is 0.0938 e. The summed E-state index contributed by atoms with van der Waals surface area (Å²) in [6, 6.07) is 3.24. The molecule has 0 saturated carbocycles. The number of nitrogens with zero attached hydrogens (tertiary/aromatic N) is 2. The summed E-state index contributed by atoms with van der Waals surface area (Å²) in [7, 11) is 1.77. The van der Waals surface area contributed by atoms with Gasteiger partial charge in [0.05, 0.1) is 27.6 Å². The van der Waals surface area contributed by atoms with Gasteiger partial charge in [-0.3, -0.25) is 4.68 Å². The fraction of sp³-hybridized carbons (Fsp3) is 0.100. The molecule has 2 rings (SSSR count). The van der Waals surface area contributed by atoms with Crippen molar-refractivity contribution in [2.75, 3.05) is 5.73 Å². The van der Waals surface area contributed by atoms with E-state index in [4.69, 9.17) is 40.5 Å². The fourth-order valence-corrected chi connectivity index (χ4v) is 2.53. The van der Waals surface area contributed by atoms with Crippen molar-refractivity contribution < 1.29 is 0 Å². The van der Waals surface area contributed by atoms with Crippen LogP contribution in [0.3, 0.4) is 0 Å². The number of hydrogen-bond donors (Lipinski definition) is 1. The Morgan fingerprint density at radius 3 is 2.19 bits per heavy atom. The van der Waals surface area contributed by atoms with Crippen LogP contribution < -0.4 is 5.73 Å². The van der Waals surface area contributed by atoms with Gasteiger partial charge in [0.15, 0.2) is 0 Å². The van der Waals surface area contributed by atoms with Gasteiger partial charge in [-0.05, 0) is 12.1 Å². The van der Waals surface area contributed by atoms with Gasteiger partial charge in [0, 0.05) is 17.6 Å². The van der Waals surface area contributed by atoms with E-state index in [1.807, 2.05) is 0 Å². The van der Waals surface area contributed by atoms with E-state index in [1.165, 1.54) is 0 Å². The van der Waals surface area contributed by atoms with E-state index < -0.39 is 0 Å². The lowest BCUT2D eigenvalue weighted by molar-refractivity contribution is 0.776. The highest BCUT2D eigenvalue weighted by Gasteiger charge is 2.16. The number of nitrogen functional groups attached to an aromatic ring is 1. The van der Waals surface area contributed by atoms with E-state index in [-0.39, 0.29) is 0 Å². The van der Waals surface area contributed by atoms with Gasteiger partial charge in [-0.1, -0.05) is 34.8 Å². The molecule has 2 aromatic rings. The molecule has 0 fully saturated rings. The van der Waals surface area contributed by atoms with Crippen molar-refractivity contribution in [1.29, 1.82) is 0 Å². The summed E-state index contributed by atoms with van der Waals surface area (Å²) in [6.07, 6.45) is 1.55. The lowest BCUT2D eigenvalue weighted by atomic mass is 10.1. The van der Waals surface area contributed by atoms with Gasteiger partial charge >= 0.3 is 0 Å². The number of aryl methyl sites for hydroxylation is 1. The van der Waals surface area contributed by atoms with Crippen molar-refractivity contribution in [3.05, 3.63) is 33.4 Å². The third-order valence-electron chi connectivity index (χ3n) is 2.21. The van der Waals surface area contributed by atoms with E-state index >= 15 is 0 Å². The molecular weight excluding hydrogens is 268 g/mol. The van der Waals surface area contributed by atoms with Crippen molar-refractivity contribution >= 4 is 40.5 Å². The van der Waals surface area contributed by atoms with Crippen LogP contribution in [0.5, 0.6) is 0 Å². The molecule has 1 aromatic heterocycles. The monoisotopic (exact) mass is 275 g/mol. The van der Waals surface area contributed by atoms with Crippen molar-refractivity contribution in [3.63, 3.8) is 0 Å². The standard InChI is InChI=1S/C10H8Cl3N3/c1-16-10(8(14)4-15-16)9-6(12)2-5(11)3-7(9)13/h2-4H,14H2,1H3. The molecule has 84 valence electrons. The molecule has 0 aliphatic heterocycles. The molecule has 0 radical (unpaired) electrons. The predicted octanol–water partition coefficient (Wildman–Crippen LogP) is 3.63. The van der Waals surface area contributed by atoms with Crippen molar-refractivity contribution in [2.24, 2.45) is 7.05 Å². The number of rotatable bonds is 1. The van der Waals surface area contributed by atoms with Crippen LogP contribution in [0.25, 0.3) is 11.3 Å². The number of benzene rings is 1. The highest BCUT2D eigenvalue weighted by Crippen LogP contribution is 2.39. The molecule has 0 spiro atoms. The maximum absolute atomic E-state index is 6.10. The van der Waals surface area contributed by atoms with Gasteiger partial charge in [-0.25, -0.2) is 0 Å². The van der Waals surface area contributed by atoms with E-state index in [0.29, 0.717) is 32.0 Å². The Morgan fingerprint density at radius 1 is 1.19 bits per heavy atom. The number of nitrogens with two attached hydrogens (primary N) is 1. The smallest absolute Gasteiger partial charge is 0.0938 e. The zero-order valence-corrected chi connectivity index (χ0v) is 10.6. The molecule has 0 aliphatic rings. The van der Waals surface area contributed by atoms with Crippen molar-refractivity contribution in [1.82, 2.24) is 9.78 Å². The fourth-order valence-electron chi connectivity index (χ4n) is 1.53. The van der Waals surface area contributed by atoms with Gasteiger partial charge < -0.3 is 5.73 Å². The van der Waals surface area contributed by atoms with Crippen LogP contribution >= 0.6 is 34.8 Å².